The van der Waals surface area contributed by atoms with Crippen molar-refractivity contribution in [2.45, 2.75) is 0 Å². The smallest absolute Gasteiger partial charge is 0.346 e. The monoisotopic (exact) mass is 362 g/mol. The number of fused-ring (bicyclic) bond motifs is 1. The zero-order chi connectivity index (χ0) is 14.7. The quantitative estimate of drug-likeness (QED) is 0.499. The van der Waals surface area contributed by atoms with E-state index in [1.165, 1.54) is 18.2 Å². The van der Waals surface area contributed by atoms with Gasteiger partial charge in [-0.1, -0.05) is 33.6 Å². The number of nitrogens with one attached hydrogen (secondary N) is 1. The lowest BCUT2D eigenvalue weighted by molar-refractivity contribution is -0.445. The molecule has 0 aliphatic heterocycles. The van der Waals surface area contributed by atoms with Gasteiger partial charge in [-0.05, 0) is 12.1 Å². The van der Waals surface area contributed by atoms with Crippen molar-refractivity contribution in [3.05, 3.63) is 43.8 Å². The van der Waals surface area contributed by atoms with Crippen molar-refractivity contribution in [3.63, 3.8) is 0 Å². The van der Waals surface area contributed by atoms with Crippen LogP contribution < -0.4 is 15.8 Å². The Labute approximate surface area is 125 Å². The van der Waals surface area contributed by atoms with Crippen LogP contribution in [0.2, 0.25) is 5.02 Å². The van der Waals surface area contributed by atoms with Gasteiger partial charge in [0, 0.05) is 10.7 Å². The molecule has 0 radical (unpaired) electrons. The van der Waals surface area contributed by atoms with Crippen molar-refractivity contribution in [2.24, 2.45) is 0 Å². The maximum atomic E-state index is 11.8. The lowest BCUT2D eigenvalue weighted by Crippen LogP contribution is -2.09. The van der Waals surface area contributed by atoms with Gasteiger partial charge in [0.1, 0.15) is 17.3 Å². The number of nitro groups is 1. The van der Waals surface area contributed by atoms with Crippen LogP contribution in [0, 0.1) is 10.1 Å². The number of benzene rings is 1. The summed E-state index contributed by atoms with van der Waals surface area (Å²) in [5.41, 5.74) is 1.43. The Balaban J connectivity index is 2.53. The second-order valence-electron chi connectivity index (χ2n) is 3.66. The number of hydrogen-bond acceptors (Lipinski definition) is 5. The van der Waals surface area contributed by atoms with Crippen molar-refractivity contribution in [1.29, 1.82) is 0 Å². The van der Waals surface area contributed by atoms with Gasteiger partial charge in [-0.15, -0.1) is 5.43 Å². The minimum atomic E-state index is -0.724. The molecule has 106 valence electrons. The minimum absolute atomic E-state index is 0.0707. The average molecular weight is 364 g/mol. The number of nitrogens with zero attached hydrogens (tertiary/aromatic N) is 1. The first kappa shape index (κ1) is 14.6. The summed E-state index contributed by atoms with van der Waals surface area (Å²) in [6.45, 7) is 0.287. The lowest BCUT2D eigenvalue weighted by atomic mass is 10.1. The van der Waals surface area contributed by atoms with Crippen molar-refractivity contribution in [2.75, 3.05) is 17.4 Å². The van der Waals surface area contributed by atoms with E-state index in [-0.39, 0.29) is 28.6 Å². The van der Waals surface area contributed by atoms with Crippen molar-refractivity contribution >= 4 is 44.0 Å². The molecule has 0 aliphatic rings. The maximum Gasteiger partial charge on any atom is 0.346 e. The fourth-order valence-corrected chi connectivity index (χ4v) is 2.02. The first-order valence-corrected chi connectivity index (χ1v) is 6.89. The van der Waals surface area contributed by atoms with Gasteiger partial charge in [0.05, 0.1) is 5.39 Å². The second-order valence-corrected chi connectivity index (χ2v) is 4.83. The molecular weight excluding hydrogens is 355 g/mol. The molecule has 7 nitrogen and oxygen atoms in total. The summed E-state index contributed by atoms with van der Waals surface area (Å²) in [7, 11) is 0. The van der Waals surface area contributed by atoms with E-state index < -0.39 is 10.7 Å². The molecule has 20 heavy (non-hydrogen) atoms. The molecule has 1 heterocycles. The minimum Gasteiger partial charge on any atom is -0.463 e. The number of ether oxygens (including phenoxy) is 1. The summed E-state index contributed by atoms with van der Waals surface area (Å²) in [5, 5.41) is 10.9. The van der Waals surface area contributed by atoms with E-state index in [9.17, 15) is 14.9 Å². The van der Waals surface area contributed by atoms with Crippen LogP contribution in [-0.4, -0.2) is 17.0 Å². The third-order valence-corrected chi connectivity index (χ3v) is 3.05. The highest BCUT2D eigenvalue weighted by molar-refractivity contribution is 9.09. The van der Waals surface area contributed by atoms with Crippen LogP contribution in [0.3, 0.4) is 0 Å². The molecule has 0 atom stereocenters. The molecular formula is C11H8BrClN2O5. The van der Waals surface area contributed by atoms with E-state index in [1.54, 1.807) is 0 Å². The Morgan fingerprint density at radius 1 is 1.45 bits per heavy atom. The molecule has 0 aliphatic carbocycles. The van der Waals surface area contributed by atoms with E-state index >= 15 is 0 Å². The number of anilines is 1. The van der Waals surface area contributed by atoms with Crippen molar-refractivity contribution < 1.29 is 14.2 Å². The van der Waals surface area contributed by atoms with Gasteiger partial charge in [0.25, 0.3) is 0 Å². The first-order chi connectivity index (χ1) is 9.52. The molecule has 0 amide bonds. The largest absolute Gasteiger partial charge is 0.463 e. The Bertz CT molecular complexity index is 718. The third kappa shape index (κ3) is 3.02. The van der Waals surface area contributed by atoms with Crippen molar-refractivity contribution in [1.82, 2.24) is 0 Å². The molecule has 0 fully saturated rings. The Hall–Kier alpha value is -1.80. The maximum absolute atomic E-state index is 11.8. The standard InChI is InChI=1S/C11H8BrClN2O5/c12-3-4-19-11-9(13)7-2-1-6(14-15(17)18)5-8(7)10(16)20-11/h1-2,5,14H,3-4H2. The van der Waals surface area contributed by atoms with Crippen LogP contribution in [-0.2, 0) is 0 Å². The Kier molecular flexibility index (Phi) is 4.46. The first-order valence-electron chi connectivity index (χ1n) is 5.39. The van der Waals surface area contributed by atoms with Gasteiger partial charge < -0.3 is 9.15 Å². The highest BCUT2D eigenvalue weighted by Crippen LogP contribution is 2.31. The fraction of sp³-hybridized carbons (Fsp3) is 0.182. The van der Waals surface area contributed by atoms with Gasteiger partial charge in [-0.2, -0.15) is 0 Å². The summed E-state index contributed by atoms with van der Waals surface area (Å²) in [4.78, 5) is 22.2. The Morgan fingerprint density at radius 2 is 2.20 bits per heavy atom. The molecule has 0 unspecified atom stereocenters. The molecule has 9 heteroatoms. The lowest BCUT2D eigenvalue weighted by Gasteiger charge is -2.07. The van der Waals surface area contributed by atoms with Gasteiger partial charge in [0.2, 0.25) is 0 Å². The molecule has 0 bridgehead atoms. The highest BCUT2D eigenvalue weighted by atomic mass is 79.9. The summed E-state index contributed by atoms with van der Waals surface area (Å²) in [6, 6.07) is 4.22. The van der Waals surface area contributed by atoms with Gasteiger partial charge in [0.15, 0.2) is 5.03 Å². The summed E-state index contributed by atoms with van der Waals surface area (Å²) in [5.74, 6) is -0.0707. The summed E-state index contributed by atoms with van der Waals surface area (Å²) in [6.07, 6.45) is 0. The van der Waals surface area contributed by atoms with Crippen LogP contribution in [0.25, 0.3) is 10.8 Å². The van der Waals surface area contributed by atoms with E-state index in [0.29, 0.717) is 10.7 Å². The molecule has 1 aromatic carbocycles. The highest BCUT2D eigenvalue weighted by Gasteiger charge is 2.14. The molecule has 1 aromatic heterocycles. The van der Waals surface area contributed by atoms with Crippen molar-refractivity contribution in [3.8, 4) is 5.95 Å². The van der Waals surface area contributed by atoms with Crippen LogP contribution in [0.4, 0.5) is 5.69 Å². The summed E-state index contributed by atoms with van der Waals surface area (Å²) >= 11 is 9.25. The number of halogens is 2. The number of hydrazine groups is 1. The number of hydrogen-bond donors (Lipinski definition) is 1. The van der Waals surface area contributed by atoms with Crippen LogP contribution in [0.15, 0.2) is 27.4 Å². The van der Waals surface area contributed by atoms with E-state index in [2.05, 4.69) is 15.9 Å². The van der Waals surface area contributed by atoms with Crippen LogP contribution in [0.5, 0.6) is 5.95 Å². The third-order valence-electron chi connectivity index (χ3n) is 2.37. The van der Waals surface area contributed by atoms with Gasteiger partial charge in [-0.25, -0.2) is 14.9 Å². The molecule has 1 N–H and O–H groups in total. The molecule has 2 aromatic rings. The fourth-order valence-electron chi connectivity index (χ4n) is 1.60. The topological polar surface area (TPSA) is 94.6 Å². The molecule has 0 saturated heterocycles. The normalized spacial score (nSPS) is 10.5. The van der Waals surface area contributed by atoms with Crippen LogP contribution in [0.1, 0.15) is 0 Å². The summed E-state index contributed by atoms with van der Waals surface area (Å²) < 4.78 is 10.2. The zero-order valence-corrected chi connectivity index (χ0v) is 12.2. The van der Waals surface area contributed by atoms with E-state index in [0.717, 1.165) is 0 Å². The van der Waals surface area contributed by atoms with E-state index in [1.807, 2.05) is 5.43 Å². The molecule has 0 spiro atoms. The van der Waals surface area contributed by atoms with Gasteiger partial charge in [-0.3, -0.25) is 0 Å². The predicted octanol–water partition coefficient (Wildman–Crippen LogP) is 2.82. The van der Waals surface area contributed by atoms with E-state index in [4.69, 9.17) is 20.8 Å². The number of rotatable bonds is 5. The molecule has 0 saturated carbocycles. The van der Waals surface area contributed by atoms with Gasteiger partial charge >= 0.3 is 11.6 Å². The zero-order valence-electron chi connectivity index (χ0n) is 9.89. The SMILES string of the molecule is O=c1oc(OCCBr)c(Cl)c2ccc(N[N+](=O)[O-])cc12. The predicted molar refractivity (Wildman–Crippen MR) is 77.4 cm³/mol. The number of alkyl halides is 1. The molecule has 2 rings (SSSR count). The average Bonchev–Trinajstić information content (AvgIpc) is 2.40. The van der Waals surface area contributed by atoms with Crippen LogP contribution >= 0.6 is 27.5 Å². The second kappa shape index (κ2) is 6.10. The Morgan fingerprint density at radius 3 is 2.85 bits per heavy atom.